The Labute approximate surface area is 136 Å². The molecule has 0 aromatic heterocycles. The molecule has 3 aromatic carbocycles. The molecule has 0 fully saturated rings. The lowest BCUT2D eigenvalue weighted by Gasteiger charge is -2.10. The lowest BCUT2D eigenvalue weighted by molar-refractivity contribution is 0.0443. The highest BCUT2D eigenvalue weighted by Gasteiger charge is 2.29. The van der Waals surface area contributed by atoms with Gasteiger partial charge in [-0.25, -0.2) is 14.4 Å². The second-order valence-electron chi connectivity index (χ2n) is 5.45. The summed E-state index contributed by atoms with van der Waals surface area (Å²) in [5, 5.41) is 10.7. The van der Waals surface area contributed by atoms with E-state index < -0.39 is 17.9 Å². The molecule has 3 aromatic rings. The summed E-state index contributed by atoms with van der Waals surface area (Å²) in [4.78, 5) is 34.7. The van der Waals surface area contributed by atoms with Crippen LogP contribution in [0.15, 0.2) is 54.6 Å². The number of hydrogen-bond donors (Lipinski definition) is 1. The summed E-state index contributed by atoms with van der Waals surface area (Å²) in [5.74, 6) is -2.31. The van der Waals surface area contributed by atoms with Crippen LogP contribution in [0.1, 0.15) is 31.1 Å². The number of carbonyl (C=O) groups is 3. The number of esters is 2. The van der Waals surface area contributed by atoms with Gasteiger partial charge in [-0.15, -0.1) is 0 Å². The van der Waals surface area contributed by atoms with Gasteiger partial charge >= 0.3 is 17.9 Å². The van der Waals surface area contributed by atoms with Crippen LogP contribution in [0.5, 0.6) is 0 Å². The van der Waals surface area contributed by atoms with E-state index in [1.54, 1.807) is 36.4 Å². The van der Waals surface area contributed by atoms with E-state index >= 15 is 0 Å². The molecule has 0 atom stereocenters. The highest BCUT2D eigenvalue weighted by atomic mass is 16.6. The summed E-state index contributed by atoms with van der Waals surface area (Å²) in [6, 6.07) is 15.3. The topological polar surface area (TPSA) is 80.7 Å². The summed E-state index contributed by atoms with van der Waals surface area (Å²) in [6.45, 7) is 0. The van der Waals surface area contributed by atoms with E-state index in [4.69, 9.17) is 0 Å². The van der Waals surface area contributed by atoms with Crippen molar-refractivity contribution in [2.24, 2.45) is 0 Å². The molecule has 1 N–H and O–H groups in total. The number of carbonyl (C=O) groups excluding carboxylic acids is 2. The maximum absolute atomic E-state index is 11.7. The van der Waals surface area contributed by atoms with Crippen molar-refractivity contribution >= 4 is 28.7 Å². The van der Waals surface area contributed by atoms with Gasteiger partial charge < -0.3 is 9.84 Å². The zero-order valence-electron chi connectivity index (χ0n) is 12.3. The highest BCUT2D eigenvalue weighted by Crippen LogP contribution is 2.33. The number of cyclic esters (lactones) is 2. The van der Waals surface area contributed by atoms with Crippen LogP contribution in [0.3, 0.4) is 0 Å². The molecule has 116 valence electrons. The van der Waals surface area contributed by atoms with Crippen molar-refractivity contribution in [1.82, 2.24) is 0 Å². The van der Waals surface area contributed by atoms with E-state index in [0.29, 0.717) is 10.9 Å². The van der Waals surface area contributed by atoms with Crippen LogP contribution >= 0.6 is 0 Å². The first-order valence-electron chi connectivity index (χ1n) is 7.22. The average Bonchev–Trinajstić information content (AvgIpc) is 2.87. The minimum Gasteiger partial charge on any atom is -0.478 e. The molecule has 0 radical (unpaired) electrons. The quantitative estimate of drug-likeness (QED) is 0.577. The first-order chi connectivity index (χ1) is 11.6. The van der Waals surface area contributed by atoms with Crippen molar-refractivity contribution in [3.05, 3.63) is 71.3 Å². The zero-order chi connectivity index (χ0) is 16.8. The third kappa shape index (κ3) is 1.99. The molecule has 1 aliphatic heterocycles. The maximum Gasteiger partial charge on any atom is 0.346 e. The maximum atomic E-state index is 11.7. The Hall–Kier alpha value is -3.47. The minimum atomic E-state index is -0.999. The standard InChI is InChI=1S/C19H10O5/c20-17(21)14-8-7-11(12-3-1-2-4-13(12)14)10-5-6-15-16(9-10)19(23)24-18(15)22/h1-9H,(H,20,21). The highest BCUT2D eigenvalue weighted by molar-refractivity contribution is 6.16. The Morgan fingerprint density at radius 3 is 2.21 bits per heavy atom. The van der Waals surface area contributed by atoms with Gasteiger partial charge in [0.1, 0.15) is 0 Å². The molecule has 4 rings (SSSR count). The molecule has 1 aliphatic rings. The van der Waals surface area contributed by atoms with E-state index in [0.717, 1.165) is 10.9 Å². The van der Waals surface area contributed by atoms with Gasteiger partial charge in [0.2, 0.25) is 0 Å². The second kappa shape index (κ2) is 5.03. The Bertz CT molecular complexity index is 1050. The molecule has 0 spiro atoms. The molecule has 0 saturated carbocycles. The van der Waals surface area contributed by atoms with Crippen LogP contribution in [-0.2, 0) is 4.74 Å². The largest absolute Gasteiger partial charge is 0.478 e. The van der Waals surface area contributed by atoms with E-state index in [1.165, 1.54) is 6.07 Å². The normalized spacial score (nSPS) is 13.0. The zero-order valence-corrected chi connectivity index (χ0v) is 12.3. The Kier molecular flexibility index (Phi) is 2.96. The Morgan fingerprint density at radius 2 is 1.46 bits per heavy atom. The predicted octanol–water partition coefficient (Wildman–Crippen LogP) is 3.52. The molecule has 0 bridgehead atoms. The van der Waals surface area contributed by atoms with Gasteiger partial charge in [-0.2, -0.15) is 0 Å². The molecule has 0 amide bonds. The molecular weight excluding hydrogens is 308 g/mol. The smallest absolute Gasteiger partial charge is 0.346 e. The third-order valence-electron chi connectivity index (χ3n) is 4.11. The summed E-state index contributed by atoms with van der Waals surface area (Å²) < 4.78 is 4.61. The number of carboxylic acid groups (broad SMARTS) is 1. The minimum absolute atomic E-state index is 0.213. The van der Waals surface area contributed by atoms with E-state index in [2.05, 4.69) is 4.74 Å². The predicted molar refractivity (Wildman–Crippen MR) is 86.1 cm³/mol. The first kappa shape index (κ1) is 14.1. The van der Waals surface area contributed by atoms with Crippen molar-refractivity contribution in [2.75, 3.05) is 0 Å². The summed E-state index contributed by atoms with van der Waals surface area (Å²) in [7, 11) is 0. The van der Waals surface area contributed by atoms with Crippen molar-refractivity contribution in [3.8, 4) is 11.1 Å². The third-order valence-corrected chi connectivity index (χ3v) is 4.11. The molecule has 24 heavy (non-hydrogen) atoms. The number of benzene rings is 3. The van der Waals surface area contributed by atoms with E-state index in [9.17, 15) is 19.5 Å². The first-order valence-corrected chi connectivity index (χ1v) is 7.22. The van der Waals surface area contributed by atoms with Gasteiger partial charge in [-0.3, -0.25) is 0 Å². The molecular formula is C19H10O5. The van der Waals surface area contributed by atoms with Crippen LogP contribution in [0, 0.1) is 0 Å². The molecule has 5 heteroatoms. The molecule has 0 aliphatic carbocycles. The van der Waals surface area contributed by atoms with Gasteiger partial charge in [0, 0.05) is 0 Å². The van der Waals surface area contributed by atoms with Crippen molar-refractivity contribution in [2.45, 2.75) is 0 Å². The van der Waals surface area contributed by atoms with Crippen LogP contribution in [0.4, 0.5) is 0 Å². The van der Waals surface area contributed by atoms with E-state index in [-0.39, 0.29) is 16.7 Å². The van der Waals surface area contributed by atoms with Crippen LogP contribution in [0.25, 0.3) is 21.9 Å². The van der Waals surface area contributed by atoms with Gasteiger partial charge in [-0.1, -0.05) is 36.4 Å². The van der Waals surface area contributed by atoms with Gasteiger partial charge in [0.25, 0.3) is 0 Å². The number of rotatable bonds is 2. The number of fused-ring (bicyclic) bond motifs is 2. The molecule has 0 saturated heterocycles. The summed E-state index contributed by atoms with van der Waals surface area (Å²) in [6.07, 6.45) is 0. The Balaban J connectivity index is 1.97. The van der Waals surface area contributed by atoms with Crippen molar-refractivity contribution in [1.29, 1.82) is 0 Å². The van der Waals surface area contributed by atoms with Gasteiger partial charge in [0.05, 0.1) is 16.7 Å². The van der Waals surface area contributed by atoms with Gasteiger partial charge in [0.15, 0.2) is 0 Å². The molecule has 5 nitrogen and oxygen atoms in total. The number of aromatic carboxylic acids is 1. The molecule has 1 heterocycles. The second-order valence-corrected chi connectivity index (χ2v) is 5.45. The summed E-state index contributed by atoms with van der Waals surface area (Å²) in [5.41, 5.74) is 2.18. The van der Waals surface area contributed by atoms with Crippen LogP contribution in [-0.4, -0.2) is 23.0 Å². The summed E-state index contributed by atoms with van der Waals surface area (Å²) >= 11 is 0. The number of ether oxygens (including phenoxy) is 1. The fraction of sp³-hybridized carbons (Fsp3) is 0. The monoisotopic (exact) mass is 318 g/mol. The lowest BCUT2D eigenvalue weighted by Crippen LogP contribution is -1.98. The number of hydrogen-bond acceptors (Lipinski definition) is 4. The van der Waals surface area contributed by atoms with E-state index in [1.807, 2.05) is 12.1 Å². The lowest BCUT2D eigenvalue weighted by atomic mass is 9.93. The fourth-order valence-corrected chi connectivity index (χ4v) is 2.99. The van der Waals surface area contributed by atoms with Crippen molar-refractivity contribution < 1.29 is 24.2 Å². The van der Waals surface area contributed by atoms with Crippen LogP contribution in [0.2, 0.25) is 0 Å². The van der Waals surface area contributed by atoms with Crippen LogP contribution < -0.4 is 0 Å². The average molecular weight is 318 g/mol. The fourth-order valence-electron chi connectivity index (χ4n) is 2.99. The number of carboxylic acids is 1. The van der Waals surface area contributed by atoms with Crippen molar-refractivity contribution in [3.63, 3.8) is 0 Å². The molecule has 0 unspecified atom stereocenters. The SMILES string of the molecule is O=C1OC(=O)c2cc(-c3ccc(C(=O)O)c4ccccc34)ccc21. The van der Waals surface area contributed by atoms with Gasteiger partial charge in [-0.05, 0) is 40.1 Å². The Morgan fingerprint density at radius 1 is 0.792 bits per heavy atom.